The van der Waals surface area contributed by atoms with E-state index in [1.54, 1.807) is 7.11 Å². The third kappa shape index (κ3) is 5.74. The minimum absolute atomic E-state index is 0.121. The Morgan fingerprint density at radius 3 is 2.26 bits per heavy atom. The molecule has 1 N–H and O–H groups in total. The van der Waals surface area contributed by atoms with Gasteiger partial charge in [-0.05, 0) is 48.8 Å². The summed E-state index contributed by atoms with van der Waals surface area (Å²) in [5.41, 5.74) is -0.659. The molecular weight excluding hydrogens is 504 g/mol. The zero-order valence-electron chi connectivity index (χ0n) is 20.6. The summed E-state index contributed by atoms with van der Waals surface area (Å²) in [5, 5.41) is 2.78. The van der Waals surface area contributed by atoms with E-state index >= 15 is 0 Å². The maximum atomic E-state index is 13.9. The molecule has 2 unspecified atom stereocenters. The van der Waals surface area contributed by atoms with Gasteiger partial charge in [-0.1, -0.05) is 48.8 Å². The summed E-state index contributed by atoms with van der Waals surface area (Å²) in [4.78, 5) is 40.8. The fourth-order valence-electron chi connectivity index (χ4n) is 4.80. The summed E-state index contributed by atoms with van der Waals surface area (Å²) in [6.45, 7) is 5.75. The molecule has 34 heavy (non-hydrogen) atoms. The Morgan fingerprint density at radius 1 is 1.12 bits per heavy atom. The van der Waals surface area contributed by atoms with Crippen molar-refractivity contribution in [2.45, 2.75) is 76.7 Å². The Bertz CT molecular complexity index is 894. The van der Waals surface area contributed by atoms with Crippen LogP contribution < -0.4 is 5.32 Å². The monoisotopic (exact) mass is 538 g/mol. The lowest BCUT2D eigenvalue weighted by Crippen LogP contribution is -2.57. The molecule has 3 rings (SSSR count). The van der Waals surface area contributed by atoms with E-state index in [0.29, 0.717) is 0 Å². The zero-order valence-corrected chi connectivity index (χ0v) is 22.1. The first-order valence-electron chi connectivity index (χ1n) is 11.7. The quantitative estimate of drug-likeness (QED) is 0.546. The van der Waals surface area contributed by atoms with Gasteiger partial charge in [0.2, 0.25) is 5.91 Å². The molecule has 1 aliphatic heterocycles. The lowest BCUT2D eigenvalue weighted by molar-refractivity contribution is -0.152. The molecule has 1 aromatic carbocycles. The molecule has 1 saturated carbocycles. The average molecular weight is 539 g/mol. The van der Waals surface area contributed by atoms with Crippen molar-refractivity contribution < 1.29 is 28.6 Å². The smallest absolute Gasteiger partial charge is 0.408 e. The van der Waals surface area contributed by atoms with Crippen molar-refractivity contribution >= 4 is 33.9 Å². The number of likely N-dealkylation sites (tertiary alicyclic amines) is 1. The van der Waals surface area contributed by atoms with Crippen LogP contribution in [-0.2, 0) is 29.4 Å². The van der Waals surface area contributed by atoms with E-state index in [-0.39, 0.29) is 25.0 Å². The van der Waals surface area contributed by atoms with Crippen molar-refractivity contribution in [3.05, 3.63) is 34.3 Å². The zero-order chi connectivity index (χ0) is 25.1. The summed E-state index contributed by atoms with van der Waals surface area (Å²) >= 11 is 3.44. The number of esters is 1. The summed E-state index contributed by atoms with van der Waals surface area (Å²) in [5.74, 6) is -0.895. The first-order chi connectivity index (χ1) is 16.0. The van der Waals surface area contributed by atoms with Gasteiger partial charge >= 0.3 is 12.1 Å². The Balaban J connectivity index is 1.88. The van der Waals surface area contributed by atoms with E-state index < -0.39 is 35.2 Å². The van der Waals surface area contributed by atoms with Gasteiger partial charge in [0.05, 0.1) is 13.7 Å². The number of ether oxygens (including phenoxy) is 3. The molecule has 2 aliphatic rings. The number of amides is 2. The lowest BCUT2D eigenvalue weighted by atomic mass is 9.85. The van der Waals surface area contributed by atoms with E-state index in [1.165, 1.54) is 12.0 Å². The molecule has 1 heterocycles. The van der Waals surface area contributed by atoms with Crippen LogP contribution >= 0.6 is 15.9 Å². The van der Waals surface area contributed by atoms with Crippen molar-refractivity contribution in [2.24, 2.45) is 5.41 Å². The number of methoxy groups -OCH3 is 2. The van der Waals surface area contributed by atoms with Crippen LogP contribution in [0.1, 0.15) is 58.4 Å². The normalized spacial score (nSPS) is 24.1. The first kappa shape index (κ1) is 26.5. The molecule has 1 aromatic rings. The minimum Gasteiger partial charge on any atom is -0.467 e. The van der Waals surface area contributed by atoms with Gasteiger partial charge in [0.15, 0.2) is 0 Å². The molecular formula is C25H35BrN2O6. The topological polar surface area (TPSA) is 94.2 Å². The summed E-state index contributed by atoms with van der Waals surface area (Å²) in [6, 6.07) is 5.87. The van der Waals surface area contributed by atoms with Crippen LogP contribution in [0.2, 0.25) is 0 Å². The van der Waals surface area contributed by atoms with Crippen LogP contribution in [0.4, 0.5) is 4.79 Å². The van der Waals surface area contributed by atoms with Gasteiger partial charge in [0.1, 0.15) is 23.8 Å². The number of benzene rings is 1. The van der Waals surface area contributed by atoms with Crippen LogP contribution in [0.25, 0.3) is 0 Å². The standard InChI is InChI=1S/C25H35BrN2O6/c1-24(2,3)20(27-23(31)34-18-8-6-7-9-18)21(29)28-15-25(33-5,14-19(28)22(30)32-4)16-10-12-17(26)13-11-16/h10-13,18-20H,6-9,14-15H2,1-5H3,(H,27,31)/t19?,20?,25-/m0/s1. The fraction of sp³-hybridized carbons (Fsp3) is 0.640. The predicted octanol–water partition coefficient (Wildman–Crippen LogP) is 4.15. The molecule has 0 spiro atoms. The minimum atomic E-state index is -0.897. The number of carbonyl (C=O) groups excluding carboxylic acids is 3. The van der Waals surface area contributed by atoms with Crippen molar-refractivity contribution in [1.29, 1.82) is 0 Å². The molecule has 3 atom stereocenters. The molecule has 0 aromatic heterocycles. The maximum Gasteiger partial charge on any atom is 0.408 e. The Labute approximate surface area is 209 Å². The van der Waals surface area contributed by atoms with E-state index in [9.17, 15) is 14.4 Å². The van der Waals surface area contributed by atoms with Crippen LogP contribution in [0.5, 0.6) is 0 Å². The predicted molar refractivity (Wildman–Crippen MR) is 130 cm³/mol. The van der Waals surface area contributed by atoms with Crippen molar-refractivity contribution in [3.8, 4) is 0 Å². The number of rotatable bonds is 6. The van der Waals surface area contributed by atoms with Gasteiger partial charge in [-0.15, -0.1) is 0 Å². The summed E-state index contributed by atoms with van der Waals surface area (Å²) in [7, 11) is 2.87. The van der Waals surface area contributed by atoms with Crippen LogP contribution in [-0.4, -0.2) is 61.8 Å². The van der Waals surface area contributed by atoms with Gasteiger partial charge in [0.25, 0.3) is 0 Å². The molecule has 9 heteroatoms. The van der Waals surface area contributed by atoms with Gasteiger partial charge in [-0.25, -0.2) is 9.59 Å². The third-order valence-corrected chi connectivity index (χ3v) is 7.32. The van der Waals surface area contributed by atoms with Crippen LogP contribution in [0.3, 0.4) is 0 Å². The number of carbonyl (C=O) groups is 3. The van der Waals surface area contributed by atoms with E-state index in [4.69, 9.17) is 14.2 Å². The highest BCUT2D eigenvalue weighted by Gasteiger charge is 2.53. The lowest BCUT2D eigenvalue weighted by Gasteiger charge is -2.35. The highest BCUT2D eigenvalue weighted by molar-refractivity contribution is 9.10. The molecule has 0 bridgehead atoms. The van der Waals surface area contributed by atoms with Crippen molar-refractivity contribution in [2.75, 3.05) is 20.8 Å². The maximum absolute atomic E-state index is 13.9. The van der Waals surface area contributed by atoms with E-state index in [0.717, 1.165) is 35.7 Å². The number of alkyl carbamates (subject to hydrolysis) is 1. The van der Waals surface area contributed by atoms with Gasteiger partial charge < -0.3 is 24.4 Å². The second-order valence-electron chi connectivity index (χ2n) is 10.2. The molecule has 1 aliphatic carbocycles. The second kappa shape index (κ2) is 10.6. The van der Waals surface area contributed by atoms with Crippen molar-refractivity contribution in [3.63, 3.8) is 0 Å². The Morgan fingerprint density at radius 2 is 1.74 bits per heavy atom. The van der Waals surface area contributed by atoms with Crippen LogP contribution in [0.15, 0.2) is 28.7 Å². The number of hydrogen-bond donors (Lipinski definition) is 1. The number of hydrogen-bond acceptors (Lipinski definition) is 6. The Hall–Kier alpha value is -2.13. The van der Waals surface area contributed by atoms with Crippen molar-refractivity contribution in [1.82, 2.24) is 10.2 Å². The fourth-order valence-corrected chi connectivity index (χ4v) is 5.07. The van der Waals surface area contributed by atoms with E-state index in [2.05, 4.69) is 21.2 Å². The highest BCUT2D eigenvalue weighted by atomic mass is 79.9. The SMILES string of the molecule is COC(=O)C1C[C@@](OC)(c2ccc(Br)cc2)CN1C(=O)C(NC(=O)OC1CCCC1)C(C)(C)C. The largest absolute Gasteiger partial charge is 0.467 e. The summed E-state index contributed by atoms with van der Waals surface area (Å²) < 4.78 is 17.4. The number of nitrogens with one attached hydrogen (secondary N) is 1. The molecule has 1 saturated heterocycles. The van der Waals surface area contributed by atoms with Gasteiger partial charge in [0, 0.05) is 18.0 Å². The Kier molecular flexibility index (Phi) is 8.29. The molecule has 0 radical (unpaired) electrons. The van der Waals surface area contributed by atoms with Crippen LogP contribution in [0, 0.1) is 5.41 Å². The van der Waals surface area contributed by atoms with Gasteiger partial charge in [-0.3, -0.25) is 4.79 Å². The number of nitrogens with zero attached hydrogens (tertiary/aromatic N) is 1. The average Bonchev–Trinajstić information content (AvgIpc) is 3.45. The second-order valence-corrected chi connectivity index (χ2v) is 11.1. The van der Waals surface area contributed by atoms with Gasteiger partial charge in [-0.2, -0.15) is 0 Å². The van der Waals surface area contributed by atoms with E-state index in [1.807, 2.05) is 45.0 Å². The molecule has 188 valence electrons. The first-order valence-corrected chi connectivity index (χ1v) is 12.5. The molecule has 2 amide bonds. The summed E-state index contributed by atoms with van der Waals surface area (Å²) in [6.07, 6.45) is 3.24. The number of halogens is 1. The molecule has 2 fully saturated rings. The molecule has 8 nitrogen and oxygen atoms in total. The third-order valence-electron chi connectivity index (χ3n) is 6.79. The highest BCUT2D eigenvalue weighted by Crippen LogP contribution is 2.41.